The van der Waals surface area contributed by atoms with Crippen molar-refractivity contribution in [3.8, 4) is 5.75 Å². The Hall–Kier alpha value is -2.04. The van der Waals surface area contributed by atoms with Gasteiger partial charge in [0.15, 0.2) is 0 Å². The molecule has 0 aliphatic carbocycles. The highest BCUT2D eigenvalue weighted by molar-refractivity contribution is 6.30. The Morgan fingerprint density at radius 2 is 1.84 bits per heavy atom. The van der Waals surface area contributed by atoms with E-state index in [1.54, 1.807) is 7.11 Å². The third kappa shape index (κ3) is 4.14. The Morgan fingerprint density at radius 1 is 1.12 bits per heavy atom. The van der Waals surface area contributed by atoms with Crippen LogP contribution in [0, 0.1) is 6.92 Å². The number of hydrogen-bond acceptors (Lipinski definition) is 3. The van der Waals surface area contributed by atoms with Gasteiger partial charge >= 0.3 is 0 Å². The summed E-state index contributed by atoms with van der Waals surface area (Å²) < 4.78 is 5.42. The van der Waals surface area contributed by atoms with Crippen LogP contribution in [0.5, 0.6) is 5.75 Å². The number of amides is 1. The first-order chi connectivity index (χ1) is 12.1. The van der Waals surface area contributed by atoms with Crippen molar-refractivity contribution in [2.45, 2.75) is 13.5 Å². The summed E-state index contributed by atoms with van der Waals surface area (Å²) in [4.78, 5) is 17.0. The number of ether oxygens (including phenoxy) is 1. The highest BCUT2D eigenvalue weighted by atomic mass is 35.5. The number of methoxy groups -OCH3 is 1. The van der Waals surface area contributed by atoms with E-state index < -0.39 is 0 Å². The van der Waals surface area contributed by atoms with E-state index in [4.69, 9.17) is 16.3 Å². The topological polar surface area (TPSA) is 32.8 Å². The van der Waals surface area contributed by atoms with E-state index in [9.17, 15) is 4.79 Å². The molecule has 1 saturated heterocycles. The van der Waals surface area contributed by atoms with E-state index >= 15 is 0 Å². The molecule has 0 radical (unpaired) electrons. The van der Waals surface area contributed by atoms with Crippen LogP contribution in [0.1, 0.15) is 21.5 Å². The van der Waals surface area contributed by atoms with Crippen LogP contribution in [0.25, 0.3) is 0 Å². The number of carbonyl (C=O) groups is 1. The Balaban J connectivity index is 1.62. The lowest BCUT2D eigenvalue weighted by Crippen LogP contribution is -2.48. The zero-order valence-corrected chi connectivity index (χ0v) is 15.4. The zero-order valence-electron chi connectivity index (χ0n) is 14.7. The fourth-order valence-corrected chi connectivity index (χ4v) is 3.40. The third-order valence-corrected chi connectivity index (χ3v) is 4.91. The second-order valence-electron chi connectivity index (χ2n) is 6.34. The maximum atomic E-state index is 12.7. The van der Waals surface area contributed by atoms with Gasteiger partial charge < -0.3 is 9.64 Å². The molecule has 0 unspecified atom stereocenters. The summed E-state index contributed by atoms with van der Waals surface area (Å²) in [5.74, 6) is 0.973. The van der Waals surface area contributed by atoms with Crippen LogP contribution >= 0.6 is 11.6 Å². The molecule has 0 aromatic heterocycles. The number of piperazine rings is 1. The Bertz CT molecular complexity index is 755. The predicted molar refractivity (Wildman–Crippen MR) is 100 cm³/mol. The van der Waals surface area contributed by atoms with Gasteiger partial charge in [-0.1, -0.05) is 29.8 Å². The van der Waals surface area contributed by atoms with Gasteiger partial charge in [-0.3, -0.25) is 9.69 Å². The predicted octanol–water partition coefficient (Wildman–Crippen LogP) is 3.62. The molecular weight excluding hydrogens is 336 g/mol. The van der Waals surface area contributed by atoms with E-state index in [1.165, 1.54) is 0 Å². The lowest BCUT2D eigenvalue weighted by atomic mass is 10.1. The second kappa shape index (κ2) is 7.89. The van der Waals surface area contributed by atoms with E-state index in [1.807, 2.05) is 54.3 Å². The van der Waals surface area contributed by atoms with Gasteiger partial charge in [-0.15, -0.1) is 0 Å². The third-order valence-electron chi connectivity index (χ3n) is 4.67. The summed E-state index contributed by atoms with van der Waals surface area (Å²) in [6, 6.07) is 13.4. The summed E-state index contributed by atoms with van der Waals surface area (Å²) in [5, 5.41) is 0.712. The molecule has 0 bridgehead atoms. The minimum absolute atomic E-state index is 0.123. The average Bonchev–Trinajstić information content (AvgIpc) is 2.62. The molecule has 0 spiro atoms. The minimum Gasteiger partial charge on any atom is -0.496 e. The van der Waals surface area contributed by atoms with Crippen LogP contribution in [0.15, 0.2) is 42.5 Å². The Labute approximate surface area is 154 Å². The molecule has 1 aliphatic rings. The number of nitrogens with zero attached hydrogens (tertiary/aromatic N) is 2. The lowest BCUT2D eigenvalue weighted by Gasteiger charge is -2.35. The Morgan fingerprint density at radius 3 is 2.52 bits per heavy atom. The monoisotopic (exact) mass is 358 g/mol. The van der Waals surface area contributed by atoms with Crippen molar-refractivity contribution in [1.82, 2.24) is 9.80 Å². The molecule has 1 amide bonds. The quantitative estimate of drug-likeness (QED) is 0.837. The Kier molecular flexibility index (Phi) is 5.61. The smallest absolute Gasteiger partial charge is 0.254 e. The standard InChI is InChI=1S/C20H23ClN2O2/c1-15-5-3-4-6-18(15)20(24)23-11-9-22(10-12-23)14-16-13-17(21)7-8-19(16)25-2/h3-8,13H,9-12,14H2,1-2H3. The van der Waals surface area contributed by atoms with E-state index in [0.29, 0.717) is 5.02 Å². The number of aryl methyl sites for hydroxylation is 1. The van der Waals surface area contributed by atoms with E-state index in [0.717, 1.165) is 55.2 Å². The van der Waals surface area contributed by atoms with Crippen molar-refractivity contribution < 1.29 is 9.53 Å². The molecular formula is C20H23ClN2O2. The largest absolute Gasteiger partial charge is 0.496 e. The fourth-order valence-electron chi connectivity index (χ4n) is 3.20. The summed E-state index contributed by atoms with van der Waals surface area (Å²) in [6.07, 6.45) is 0. The van der Waals surface area contributed by atoms with Gasteiger partial charge in [0, 0.05) is 48.9 Å². The van der Waals surface area contributed by atoms with Crippen LogP contribution in [-0.2, 0) is 6.54 Å². The average molecular weight is 359 g/mol. The number of benzene rings is 2. The molecule has 25 heavy (non-hydrogen) atoms. The second-order valence-corrected chi connectivity index (χ2v) is 6.78. The molecule has 0 atom stereocenters. The van der Waals surface area contributed by atoms with Crippen molar-refractivity contribution in [2.24, 2.45) is 0 Å². The molecule has 3 rings (SSSR count). The van der Waals surface area contributed by atoms with Crippen molar-refractivity contribution in [3.05, 3.63) is 64.2 Å². The fraction of sp³-hybridized carbons (Fsp3) is 0.350. The summed E-state index contributed by atoms with van der Waals surface area (Å²) in [6.45, 7) is 5.90. The highest BCUT2D eigenvalue weighted by Crippen LogP contribution is 2.24. The molecule has 0 saturated carbocycles. The molecule has 1 fully saturated rings. The van der Waals surface area contributed by atoms with Gasteiger partial charge in [0.25, 0.3) is 5.91 Å². The summed E-state index contributed by atoms with van der Waals surface area (Å²) >= 11 is 6.11. The van der Waals surface area contributed by atoms with Gasteiger partial charge in [0.2, 0.25) is 0 Å². The van der Waals surface area contributed by atoms with Crippen molar-refractivity contribution in [1.29, 1.82) is 0 Å². The van der Waals surface area contributed by atoms with Crippen molar-refractivity contribution >= 4 is 17.5 Å². The van der Waals surface area contributed by atoms with Crippen molar-refractivity contribution in [2.75, 3.05) is 33.3 Å². The van der Waals surface area contributed by atoms with Gasteiger partial charge in [0.1, 0.15) is 5.75 Å². The summed E-state index contributed by atoms with van der Waals surface area (Å²) in [7, 11) is 1.67. The van der Waals surface area contributed by atoms with Crippen LogP contribution in [0.2, 0.25) is 5.02 Å². The molecule has 1 heterocycles. The molecule has 0 N–H and O–H groups in total. The molecule has 2 aromatic rings. The van der Waals surface area contributed by atoms with Gasteiger partial charge in [0.05, 0.1) is 7.11 Å². The number of halogens is 1. The van der Waals surface area contributed by atoms with E-state index in [-0.39, 0.29) is 5.91 Å². The minimum atomic E-state index is 0.123. The normalized spacial score (nSPS) is 15.2. The van der Waals surface area contributed by atoms with Gasteiger partial charge in [-0.2, -0.15) is 0 Å². The molecule has 5 heteroatoms. The molecule has 1 aliphatic heterocycles. The molecule has 2 aromatic carbocycles. The maximum absolute atomic E-state index is 12.7. The number of hydrogen-bond donors (Lipinski definition) is 0. The zero-order chi connectivity index (χ0) is 17.8. The highest BCUT2D eigenvalue weighted by Gasteiger charge is 2.23. The lowest BCUT2D eigenvalue weighted by molar-refractivity contribution is 0.0626. The first kappa shape index (κ1) is 17.8. The summed E-state index contributed by atoms with van der Waals surface area (Å²) in [5.41, 5.74) is 2.90. The number of rotatable bonds is 4. The first-order valence-electron chi connectivity index (χ1n) is 8.48. The maximum Gasteiger partial charge on any atom is 0.254 e. The molecule has 132 valence electrons. The van der Waals surface area contributed by atoms with Crippen LogP contribution in [0.3, 0.4) is 0 Å². The van der Waals surface area contributed by atoms with Crippen molar-refractivity contribution in [3.63, 3.8) is 0 Å². The van der Waals surface area contributed by atoms with Crippen LogP contribution in [0.4, 0.5) is 0 Å². The van der Waals surface area contributed by atoms with Crippen LogP contribution < -0.4 is 4.74 Å². The first-order valence-corrected chi connectivity index (χ1v) is 8.86. The van der Waals surface area contributed by atoms with Crippen LogP contribution in [-0.4, -0.2) is 49.0 Å². The molecule has 4 nitrogen and oxygen atoms in total. The SMILES string of the molecule is COc1ccc(Cl)cc1CN1CCN(C(=O)c2ccccc2C)CC1. The number of carbonyl (C=O) groups excluding carboxylic acids is 1. The van der Waals surface area contributed by atoms with Gasteiger partial charge in [-0.05, 0) is 36.8 Å². The van der Waals surface area contributed by atoms with E-state index in [2.05, 4.69) is 4.90 Å². The van der Waals surface area contributed by atoms with Gasteiger partial charge in [-0.25, -0.2) is 0 Å².